The zero-order valence-electron chi connectivity index (χ0n) is 15.7. The lowest BCUT2D eigenvalue weighted by Gasteiger charge is -2.15. The minimum Gasteiger partial charge on any atom is -0.505 e. The van der Waals surface area contributed by atoms with E-state index in [2.05, 4.69) is 9.98 Å². The lowest BCUT2D eigenvalue weighted by Crippen LogP contribution is -2.34. The van der Waals surface area contributed by atoms with E-state index in [4.69, 9.17) is 11.5 Å². The monoisotopic (exact) mass is 410 g/mol. The molecule has 1 aliphatic heterocycles. The summed E-state index contributed by atoms with van der Waals surface area (Å²) in [4.78, 5) is 45.3. The summed E-state index contributed by atoms with van der Waals surface area (Å²) in [6, 6.07) is 0. The highest BCUT2D eigenvalue weighted by Gasteiger charge is 2.40. The van der Waals surface area contributed by atoms with Crippen molar-refractivity contribution in [3.05, 3.63) is 33.5 Å². The highest BCUT2D eigenvalue weighted by molar-refractivity contribution is 6.70. The average molecular weight is 410 g/mol. The Balaban J connectivity index is 2.07. The molecule has 0 amide bonds. The predicted molar refractivity (Wildman–Crippen MR) is 107 cm³/mol. The van der Waals surface area contributed by atoms with E-state index in [1.165, 1.54) is 12.4 Å². The fraction of sp³-hybridized carbons (Fsp3) is 0.200. The lowest BCUT2D eigenvalue weighted by molar-refractivity contribution is -0.110. The van der Waals surface area contributed by atoms with Crippen LogP contribution in [0.2, 0.25) is 0 Å². The summed E-state index contributed by atoms with van der Waals surface area (Å²) in [6.45, 7) is 0.434. The summed E-state index contributed by atoms with van der Waals surface area (Å²) < 4.78 is 0. The van der Waals surface area contributed by atoms with Gasteiger partial charge in [0.15, 0.2) is 17.2 Å². The number of benzene rings is 1. The molecule has 2 aliphatic rings. The van der Waals surface area contributed by atoms with Gasteiger partial charge >= 0.3 is 0 Å². The Morgan fingerprint density at radius 1 is 0.867 bits per heavy atom. The molecule has 30 heavy (non-hydrogen) atoms. The van der Waals surface area contributed by atoms with Crippen molar-refractivity contribution in [3.8, 4) is 17.2 Å². The molecule has 0 bridgehead atoms. The Labute approximate surface area is 168 Å². The Hall–Kier alpha value is -3.76. The normalized spacial score (nSPS) is 17.0. The van der Waals surface area contributed by atoms with E-state index < -0.39 is 45.4 Å². The zero-order valence-corrected chi connectivity index (χ0v) is 15.7. The van der Waals surface area contributed by atoms with Gasteiger partial charge in [0.05, 0.1) is 27.3 Å². The number of rotatable bonds is 4. The van der Waals surface area contributed by atoms with Crippen LogP contribution >= 0.6 is 0 Å². The van der Waals surface area contributed by atoms with E-state index in [0.717, 1.165) is 0 Å². The second-order valence-corrected chi connectivity index (χ2v) is 6.93. The van der Waals surface area contributed by atoms with E-state index in [0.29, 0.717) is 17.6 Å². The van der Waals surface area contributed by atoms with Gasteiger partial charge in [0.25, 0.3) is 0 Å². The molecule has 0 saturated heterocycles. The van der Waals surface area contributed by atoms with Crippen molar-refractivity contribution < 1.29 is 29.7 Å². The van der Waals surface area contributed by atoms with Crippen LogP contribution in [0.5, 0.6) is 17.2 Å². The number of hydrogen-bond donors (Lipinski definition) is 6. The Kier molecular flexibility index (Phi) is 4.52. The minimum atomic E-state index is -1.21. The van der Waals surface area contributed by atoms with Crippen LogP contribution in [-0.4, -0.2) is 57.0 Å². The van der Waals surface area contributed by atoms with Crippen LogP contribution in [0.25, 0.3) is 11.1 Å². The largest absolute Gasteiger partial charge is 0.505 e. The van der Waals surface area contributed by atoms with Crippen molar-refractivity contribution in [1.82, 2.24) is 4.98 Å². The van der Waals surface area contributed by atoms with E-state index in [-0.39, 0.29) is 41.7 Å². The molecule has 0 saturated carbocycles. The molecular weight excluding hydrogens is 392 g/mol. The van der Waals surface area contributed by atoms with Gasteiger partial charge in [-0.2, -0.15) is 0 Å². The third-order valence-corrected chi connectivity index (χ3v) is 5.22. The topological polar surface area (TPSA) is 192 Å². The third kappa shape index (κ3) is 2.51. The first-order valence-corrected chi connectivity index (χ1v) is 9.15. The molecule has 1 aromatic carbocycles. The number of aromatic amines is 1. The van der Waals surface area contributed by atoms with E-state index in [1.807, 2.05) is 0 Å². The van der Waals surface area contributed by atoms with E-state index in [1.54, 1.807) is 0 Å². The number of aromatic hydroxyl groups is 3. The number of fused-ring (bicyclic) bond motifs is 2. The first-order chi connectivity index (χ1) is 14.3. The molecule has 2 heterocycles. The number of H-pyrrole nitrogens is 1. The number of ketones is 3. The molecule has 10 nitrogen and oxygen atoms in total. The molecule has 8 N–H and O–H groups in total. The summed E-state index contributed by atoms with van der Waals surface area (Å²) in [6.07, 6.45) is 3.37. The maximum Gasteiger partial charge on any atom is 0.238 e. The van der Waals surface area contributed by atoms with Crippen LogP contribution in [0.15, 0.2) is 11.2 Å². The van der Waals surface area contributed by atoms with Crippen LogP contribution in [0.3, 0.4) is 0 Å². The quantitative estimate of drug-likeness (QED) is 0.202. The number of aromatic nitrogens is 1. The van der Waals surface area contributed by atoms with Gasteiger partial charge in [-0.1, -0.05) is 0 Å². The number of nitrogens with one attached hydrogen (secondary N) is 1. The van der Waals surface area contributed by atoms with E-state index >= 15 is 0 Å². The molecule has 2 aromatic rings. The summed E-state index contributed by atoms with van der Waals surface area (Å²) in [7, 11) is 0. The van der Waals surface area contributed by atoms with Gasteiger partial charge in [-0.15, -0.1) is 0 Å². The van der Waals surface area contributed by atoms with Crippen molar-refractivity contribution in [2.24, 2.45) is 16.5 Å². The summed E-state index contributed by atoms with van der Waals surface area (Å²) >= 11 is 0. The molecule has 0 unspecified atom stereocenters. The fourth-order valence-electron chi connectivity index (χ4n) is 3.85. The van der Waals surface area contributed by atoms with Crippen LogP contribution in [0.4, 0.5) is 5.69 Å². The number of carbonyl (C=O) groups is 3. The highest BCUT2D eigenvalue weighted by atomic mass is 16.3. The molecular formula is C20H18N4O6. The lowest BCUT2D eigenvalue weighted by atomic mass is 9.85. The second kappa shape index (κ2) is 6.94. The van der Waals surface area contributed by atoms with Gasteiger partial charge in [0.1, 0.15) is 5.69 Å². The van der Waals surface area contributed by atoms with Crippen LogP contribution in [0.1, 0.15) is 32.8 Å². The van der Waals surface area contributed by atoms with Gasteiger partial charge in [-0.05, 0) is 37.1 Å². The number of aliphatic imine (C=N–C) groups is 1. The number of phenols is 3. The van der Waals surface area contributed by atoms with Crippen molar-refractivity contribution in [2.75, 3.05) is 13.1 Å². The maximum atomic E-state index is 13.0. The fourth-order valence-corrected chi connectivity index (χ4v) is 3.85. The summed E-state index contributed by atoms with van der Waals surface area (Å²) in [5.74, 6) is -5.32. The molecule has 0 spiro atoms. The number of carbonyl (C=O) groups excluding carboxylic acids is 3. The molecule has 4 rings (SSSR count). The summed E-state index contributed by atoms with van der Waals surface area (Å²) in [5.41, 5.74) is 10.9. The Morgan fingerprint density at radius 2 is 1.53 bits per heavy atom. The van der Waals surface area contributed by atoms with E-state index in [9.17, 15) is 29.7 Å². The first-order valence-electron chi connectivity index (χ1n) is 9.15. The van der Waals surface area contributed by atoms with Gasteiger partial charge in [-0.25, -0.2) is 0 Å². The van der Waals surface area contributed by atoms with Crippen molar-refractivity contribution >= 4 is 40.4 Å². The molecule has 1 aromatic heterocycles. The molecule has 10 heteroatoms. The second-order valence-electron chi connectivity index (χ2n) is 6.93. The standard InChI is InChI=1S/C20H18N4O6/c21-3-1-7-5-23-13-9(7)17(27)19(29)11(15(13)25)12-16(26)14-10(18(28)20(12)30)8(2-4-22)6-24-14/h5-6,23,26,28,30H,1-4,21-22H2/b12-11-. The molecule has 0 radical (unpaired) electrons. The SMILES string of the molecule is NCCC1=c2c(O)c(O)/c(=C3\C(=O)C(=O)c4c(CCN)c[nH]c4C3=O)c(O)c2N=C1. The van der Waals surface area contributed by atoms with Crippen LogP contribution < -0.4 is 21.9 Å². The molecule has 0 fully saturated rings. The average Bonchev–Trinajstić information content (AvgIpc) is 3.33. The molecule has 1 aliphatic carbocycles. The van der Waals surface area contributed by atoms with Crippen molar-refractivity contribution in [3.63, 3.8) is 0 Å². The minimum absolute atomic E-state index is 0.0626. The summed E-state index contributed by atoms with van der Waals surface area (Å²) in [5, 5.41) is 31.2. The number of phenolic OH excluding ortho intramolecular Hbond substituents is 3. The van der Waals surface area contributed by atoms with Gasteiger partial charge < -0.3 is 31.8 Å². The van der Waals surface area contributed by atoms with Crippen molar-refractivity contribution in [1.29, 1.82) is 0 Å². The van der Waals surface area contributed by atoms with Gasteiger partial charge in [0, 0.05) is 12.4 Å². The zero-order chi connectivity index (χ0) is 21.7. The number of nitrogens with two attached hydrogens (primary N) is 2. The maximum absolute atomic E-state index is 13.0. The number of hydrogen-bond acceptors (Lipinski definition) is 9. The Bertz CT molecular complexity index is 1300. The number of nitrogens with zero attached hydrogens (tertiary/aromatic N) is 1. The van der Waals surface area contributed by atoms with Gasteiger partial charge in [0.2, 0.25) is 17.3 Å². The Morgan fingerprint density at radius 3 is 2.20 bits per heavy atom. The number of Topliss-reactive ketones (excluding diaryl/α,β-unsaturated/α-hetero) is 3. The highest BCUT2D eigenvalue weighted by Crippen LogP contribution is 2.34. The predicted octanol–water partition coefficient (Wildman–Crippen LogP) is -1.35. The third-order valence-electron chi connectivity index (χ3n) is 5.22. The van der Waals surface area contributed by atoms with Gasteiger partial charge in [-0.3, -0.25) is 19.4 Å². The first kappa shape index (κ1) is 19.6. The van der Waals surface area contributed by atoms with Crippen LogP contribution in [0, 0.1) is 0 Å². The molecule has 0 atom stereocenters. The smallest absolute Gasteiger partial charge is 0.238 e. The van der Waals surface area contributed by atoms with Crippen LogP contribution in [-0.2, 0) is 11.2 Å². The van der Waals surface area contributed by atoms with Crippen molar-refractivity contribution in [2.45, 2.75) is 12.8 Å². The molecule has 154 valence electrons.